The predicted molar refractivity (Wildman–Crippen MR) is 195 cm³/mol. The third-order valence-corrected chi connectivity index (χ3v) is 9.30. The molecule has 0 spiro atoms. The summed E-state index contributed by atoms with van der Waals surface area (Å²) in [5, 5.41) is 7.37. The van der Waals surface area contributed by atoms with Crippen molar-refractivity contribution in [3.63, 3.8) is 0 Å². The van der Waals surface area contributed by atoms with Gasteiger partial charge < -0.3 is 4.42 Å². The van der Waals surface area contributed by atoms with Crippen molar-refractivity contribution >= 4 is 43.5 Å². The molecule has 216 valence electrons. The molecule has 0 N–H and O–H groups in total. The summed E-state index contributed by atoms with van der Waals surface area (Å²) in [6.45, 7) is 2.13. The summed E-state index contributed by atoms with van der Waals surface area (Å²) in [5.41, 5.74) is 12.9. The molecule has 0 unspecified atom stereocenters. The molecule has 0 saturated carbocycles. The number of aryl methyl sites for hydroxylation is 1. The molecule has 0 amide bonds. The molecule has 0 fully saturated rings. The highest BCUT2D eigenvalue weighted by Crippen LogP contribution is 2.45. The van der Waals surface area contributed by atoms with Crippen LogP contribution < -0.4 is 0 Å². The van der Waals surface area contributed by atoms with Crippen LogP contribution in [0.3, 0.4) is 0 Å². The molecule has 9 aromatic rings. The summed E-state index contributed by atoms with van der Waals surface area (Å²) in [7, 11) is 0. The van der Waals surface area contributed by atoms with Gasteiger partial charge >= 0.3 is 0 Å². The normalized spacial score (nSPS) is 11.6. The highest BCUT2D eigenvalue weighted by molar-refractivity contribution is 6.22. The topological polar surface area (TPSA) is 13.1 Å². The molecule has 1 nitrogen and oxygen atoms in total. The lowest BCUT2D eigenvalue weighted by Crippen LogP contribution is -1.91. The molecule has 9 rings (SSSR count). The third kappa shape index (κ3) is 4.32. The summed E-state index contributed by atoms with van der Waals surface area (Å²) in [6, 6.07) is 59.3. The molecule has 0 aliphatic carbocycles. The van der Waals surface area contributed by atoms with Crippen LogP contribution in [0.25, 0.3) is 88.0 Å². The monoisotopic (exact) mass is 586 g/mol. The van der Waals surface area contributed by atoms with E-state index in [4.69, 9.17) is 4.42 Å². The van der Waals surface area contributed by atoms with Crippen molar-refractivity contribution < 1.29 is 4.42 Å². The molecule has 8 aromatic carbocycles. The molecule has 0 atom stereocenters. The van der Waals surface area contributed by atoms with E-state index >= 15 is 0 Å². The number of hydrogen-bond donors (Lipinski definition) is 0. The van der Waals surface area contributed by atoms with Gasteiger partial charge in [-0.15, -0.1) is 0 Å². The molecular weight excluding hydrogens is 556 g/mol. The predicted octanol–water partition coefficient (Wildman–Crippen LogP) is 12.9. The van der Waals surface area contributed by atoms with Crippen molar-refractivity contribution in [3.8, 4) is 44.5 Å². The van der Waals surface area contributed by atoms with E-state index in [-0.39, 0.29) is 0 Å². The van der Waals surface area contributed by atoms with Gasteiger partial charge in [-0.2, -0.15) is 0 Å². The minimum absolute atomic E-state index is 0.921. The van der Waals surface area contributed by atoms with E-state index in [2.05, 4.69) is 171 Å². The van der Waals surface area contributed by atoms with Gasteiger partial charge in [0.2, 0.25) is 0 Å². The Hall–Kier alpha value is -5.92. The largest absolute Gasteiger partial charge is 0.456 e. The van der Waals surface area contributed by atoms with Crippen LogP contribution in [0.4, 0.5) is 0 Å². The fourth-order valence-electron chi connectivity index (χ4n) is 7.14. The van der Waals surface area contributed by atoms with Crippen molar-refractivity contribution in [2.24, 2.45) is 0 Å². The molecule has 0 bridgehead atoms. The van der Waals surface area contributed by atoms with Gasteiger partial charge in [-0.25, -0.2) is 0 Å². The molecule has 1 heteroatoms. The number of hydrogen-bond acceptors (Lipinski definition) is 1. The van der Waals surface area contributed by atoms with Crippen LogP contribution in [-0.4, -0.2) is 0 Å². The summed E-state index contributed by atoms with van der Waals surface area (Å²) in [4.78, 5) is 0. The van der Waals surface area contributed by atoms with Gasteiger partial charge in [0.15, 0.2) is 0 Å². The zero-order valence-electron chi connectivity index (χ0n) is 25.5. The molecule has 1 heterocycles. The van der Waals surface area contributed by atoms with Crippen LogP contribution in [0.1, 0.15) is 5.56 Å². The Morgan fingerprint density at radius 1 is 0.304 bits per heavy atom. The van der Waals surface area contributed by atoms with Crippen molar-refractivity contribution in [2.75, 3.05) is 0 Å². The maximum Gasteiger partial charge on any atom is 0.135 e. The average molecular weight is 587 g/mol. The summed E-state index contributed by atoms with van der Waals surface area (Å²) >= 11 is 0. The van der Waals surface area contributed by atoms with Crippen LogP contribution in [0.2, 0.25) is 0 Å². The Kier molecular flexibility index (Phi) is 6.11. The third-order valence-electron chi connectivity index (χ3n) is 9.30. The average Bonchev–Trinajstić information content (AvgIpc) is 3.48. The molecule has 1 aromatic heterocycles. The zero-order chi connectivity index (χ0) is 30.6. The van der Waals surface area contributed by atoms with Gasteiger partial charge in [0, 0.05) is 10.8 Å². The van der Waals surface area contributed by atoms with Gasteiger partial charge in [-0.05, 0) is 109 Å². The first-order valence-electron chi connectivity index (χ1n) is 15.8. The molecule has 0 radical (unpaired) electrons. The van der Waals surface area contributed by atoms with Crippen LogP contribution in [0, 0.1) is 6.92 Å². The number of fused-ring (bicyclic) bond motifs is 5. The van der Waals surface area contributed by atoms with Crippen molar-refractivity contribution in [2.45, 2.75) is 6.92 Å². The Bertz CT molecular complexity index is 2570. The van der Waals surface area contributed by atoms with E-state index in [1.807, 2.05) is 0 Å². The summed E-state index contributed by atoms with van der Waals surface area (Å²) in [6.07, 6.45) is 0. The molecular formula is C45H30O. The maximum atomic E-state index is 6.15. The lowest BCUT2D eigenvalue weighted by Gasteiger charge is -2.19. The Morgan fingerprint density at radius 2 is 0.761 bits per heavy atom. The van der Waals surface area contributed by atoms with E-state index < -0.39 is 0 Å². The number of furan rings is 1. The van der Waals surface area contributed by atoms with E-state index in [0.29, 0.717) is 0 Å². The second kappa shape index (κ2) is 10.6. The SMILES string of the molecule is Cc1ccc2oc3ccc(-c4cccc(-c5ccc6c(-c7ccccc7)c7ccccc7c(-c7ccccc7)c6c5)c4)cc3c2c1. The van der Waals surface area contributed by atoms with Crippen LogP contribution in [0.5, 0.6) is 0 Å². The maximum absolute atomic E-state index is 6.15. The summed E-state index contributed by atoms with van der Waals surface area (Å²) in [5.74, 6) is 0. The summed E-state index contributed by atoms with van der Waals surface area (Å²) < 4.78 is 6.15. The van der Waals surface area contributed by atoms with E-state index in [1.54, 1.807) is 0 Å². The Morgan fingerprint density at radius 3 is 1.41 bits per heavy atom. The minimum Gasteiger partial charge on any atom is -0.456 e. The van der Waals surface area contributed by atoms with Gasteiger partial charge in [0.05, 0.1) is 0 Å². The van der Waals surface area contributed by atoms with Crippen molar-refractivity contribution in [1.29, 1.82) is 0 Å². The van der Waals surface area contributed by atoms with Gasteiger partial charge in [-0.3, -0.25) is 0 Å². The molecule has 0 aliphatic rings. The smallest absolute Gasteiger partial charge is 0.135 e. The van der Waals surface area contributed by atoms with Gasteiger partial charge in [0.25, 0.3) is 0 Å². The Labute approximate surface area is 268 Å². The second-order valence-corrected chi connectivity index (χ2v) is 12.2. The first-order valence-corrected chi connectivity index (χ1v) is 15.8. The highest BCUT2D eigenvalue weighted by atomic mass is 16.3. The van der Waals surface area contributed by atoms with Gasteiger partial charge in [0.1, 0.15) is 11.2 Å². The van der Waals surface area contributed by atoms with Crippen LogP contribution >= 0.6 is 0 Å². The Balaban J connectivity index is 1.26. The van der Waals surface area contributed by atoms with E-state index in [9.17, 15) is 0 Å². The molecule has 0 aliphatic heterocycles. The fourth-order valence-corrected chi connectivity index (χ4v) is 7.14. The quantitative estimate of drug-likeness (QED) is 0.187. The number of rotatable bonds is 4. The van der Waals surface area contributed by atoms with E-state index in [1.165, 1.54) is 71.6 Å². The second-order valence-electron chi connectivity index (χ2n) is 12.2. The lowest BCUT2D eigenvalue weighted by molar-refractivity contribution is 0.669. The first-order chi connectivity index (χ1) is 22.7. The fraction of sp³-hybridized carbons (Fsp3) is 0.0222. The van der Waals surface area contributed by atoms with Crippen molar-refractivity contribution in [1.82, 2.24) is 0 Å². The van der Waals surface area contributed by atoms with E-state index in [0.717, 1.165) is 21.9 Å². The van der Waals surface area contributed by atoms with Crippen LogP contribution in [-0.2, 0) is 0 Å². The molecule has 46 heavy (non-hydrogen) atoms. The zero-order valence-corrected chi connectivity index (χ0v) is 25.5. The van der Waals surface area contributed by atoms with Crippen molar-refractivity contribution in [3.05, 3.63) is 169 Å². The van der Waals surface area contributed by atoms with Crippen LogP contribution in [0.15, 0.2) is 168 Å². The standard InChI is InChI=1S/C45H30O/c1-29-19-23-42-39(25-29)40-27-35(21-24-43(40)46-42)33-16-10-15-32(26-33)34-20-22-38-41(28-34)45(31-13-6-3-7-14-31)37-18-9-8-17-36(37)44(38)30-11-4-2-5-12-30/h2-28H,1H3. The highest BCUT2D eigenvalue weighted by Gasteiger charge is 2.17. The minimum atomic E-state index is 0.921. The lowest BCUT2D eigenvalue weighted by atomic mass is 9.85. The molecule has 0 saturated heterocycles. The first kappa shape index (κ1) is 26.5. The van der Waals surface area contributed by atoms with Gasteiger partial charge in [-0.1, -0.05) is 133 Å². The number of benzene rings is 8.